The van der Waals surface area contributed by atoms with E-state index in [1.165, 1.54) is 4.90 Å². The fourth-order valence-corrected chi connectivity index (χ4v) is 3.54. The van der Waals surface area contributed by atoms with Gasteiger partial charge in [-0.1, -0.05) is 24.3 Å². The van der Waals surface area contributed by atoms with Crippen LogP contribution in [0.25, 0.3) is 0 Å². The third kappa shape index (κ3) is 4.17. The van der Waals surface area contributed by atoms with Crippen molar-refractivity contribution in [3.8, 4) is 0 Å². The van der Waals surface area contributed by atoms with Crippen molar-refractivity contribution in [1.82, 2.24) is 9.80 Å². The molecule has 0 unspecified atom stereocenters. The molecule has 26 heavy (non-hydrogen) atoms. The number of halogens is 1. The Bertz CT molecular complexity index is 678. The summed E-state index contributed by atoms with van der Waals surface area (Å²) in [4.78, 5) is 29.1. The van der Waals surface area contributed by atoms with E-state index in [-0.39, 0.29) is 5.91 Å². The van der Waals surface area contributed by atoms with E-state index in [9.17, 15) is 14.0 Å². The second kappa shape index (κ2) is 7.25. The SMILES string of the molecule is CC(C)(C)OC(=O)N1Cc2ccccc2C[C@H]1C(=O)N1CCC(F)CC1. The van der Waals surface area contributed by atoms with Gasteiger partial charge in [0.25, 0.3) is 0 Å². The van der Waals surface area contributed by atoms with Gasteiger partial charge in [-0.15, -0.1) is 0 Å². The summed E-state index contributed by atoms with van der Waals surface area (Å²) in [6.45, 7) is 6.59. The van der Waals surface area contributed by atoms with Gasteiger partial charge in [0.15, 0.2) is 0 Å². The number of likely N-dealkylation sites (tertiary alicyclic amines) is 1. The number of ether oxygens (including phenoxy) is 1. The van der Waals surface area contributed by atoms with Gasteiger partial charge in [0.1, 0.15) is 17.8 Å². The third-order valence-electron chi connectivity index (χ3n) is 4.90. The molecule has 0 radical (unpaired) electrons. The van der Waals surface area contributed by atoms with Crippen LogP contribution in [0, 0.1) is 0 Å². The van der Waals surface area contributed by atoms with Crippen LogP contribution in [0.1, 0.15) is 44.7 Å². The highest BCUT2D eigenvalue weighted by molar-refractivity contribution is 5.86. The predicted octanol–water partition coefficient (Wildman–Crippen LogP) is 3.31. The number of carbonyl (C=O) groups excluding carboxylic acids is 2. The molecule has 1 saturated heterocycles. The molecule has 6 heteroatoms. The largest absolute Gasteiger partial charge is 0.444 e. The summed E-state index contributed by atoms with van der Waals surface area (Å²) in [6.07, 6.45) is -0.133. The lowest BCUT2D eigenvalue weighted by Crippen LogP contribution is -2.55. The molecule has 2 aliphatic heterocycles. The molecule has 0 bridgehead atoms. The van der Waals surface area contributed by atoms with Crippen molar-refractivity contribution >= 4 is 12.0 Å². The summed E-state index contributed by atoms with van der Waals surface area (Å²) in [5.74, 6) is -0.114. The molecule has 2 aliphatic rings. The number of alkyl halides is 1. The Morgan fingerprint density at radius 2 is 1.73 bits per heavy atom. The second-order valence-corrected chi connectivity index (χ2v) is 8.10. The average Bonchev–Trinajstić information content (AvgIpc) is 2.59. The van der Waals surface area contributed by atoms with E-state index in [1.54, 1.807) is 4.90 Å². The zero-order valence-electron chi connectivity index (χ0n) is 15.7. The monoisotopic (exact) mass is 362 g/mol. The Morgan fingerprint density at radius 3 is 2.35 bits per heavy atom. The molecule has 142 valence electrons. The summed E-state index contributed by atoms with van der Waals surface area (Å²) in [7, 11) is 0. The first-order valence-electron chi connectivity index (χ1n) is 9.24. The molecule has 3 rings (SSSR count). The van der Waals surface area contributed by atoms with Crippen LogP contribution in [-0.2, 0) is 22.5 Å². The minimum absolute atomic E-state index is 0.114. The Morgan fingerprint density at radius 1 is 1.12 bits per heavy atom. The van der Waals surface area contributed by atoms with Gasteiger partial charge in [-0.05, 0) is 44.7 Å². The lowest BCUT2D eigenvalue weighted by molar-refractivity contribution is -0.139. The van der Waals surface area contributed by atoms with E-state index in [0.29, 0.717) is 38.9 Å². The van der Waals surface area contributed by atoms with Crippen molar-refractivity contribution in [2.75, 3.05) is 13.1 Å². The fourth-order valence-electron chi connectivity index (χ4n) is 3.54. The van der Waals surface area contributed by atoms with Crippen LogP contribution in [0.15, 0.2) is 24.3 Å². The zero-order chi connectivity index (χ0) is 18.9. The number of piperidine rings is 1. The minimum atomic E-state index is -0.840. The standard InChI is InChI=1S/C20H27FN2O3/c1-20(2,3)26-19(25)23-13-15-7-5-4-6-14(15)12-17(23)18(24)22-10-8-16(21)9-11-22/h4-7,16-17H,8-13H2,1-3H3/t17-/m0/s1. The van der Waals surface area contributed by atoms with Crippen LogP contribution < -0.4 is 0 Å². The van der Waals surface area contributed by atoms with E-state index in [4.69, 9.17) is 4.74 Å². The predicted molar refractivity (Wildman–Crippen MR) is 96.4 cm³/mol. The molecular weight excluding hydrogens is 335 g/mol. The number of carbonyl (C=O) groups is 2. The van der Waals surface area contributed by atoms with Gasteiger partial charge in [-0.2, -0.15) is 0 Å². The normalized spacial score (nSPS) is 21.3. The van der Waals surface area contributed by atoms with E-state index in [2.05, 4.69) is 0 Å². The third-order valence-corrected chi connectivity index (χ3v) is 4.90. The molecular formula is C20H27FN2O3. The van der Waals surface area contributed by atoms with Crippen molar-refractivity contribution in [3.63, 3.8) is 0 Å². The number of hydrogen-bond donors (Lipinski definition) is 0. The molecule has 0 aromatic heterocycles. The van der Waals surface area contributed by atoms with Crippen LogP contribution in [-0.4, -0.2) is 52.7 Å². The molecule has 0 spiro atoms. The highest BCUT2D eigenvalue weighted by Gasteiger charge is 2.39. The number of hydrogen-bond acceptors (Lipinski definition) is 3. The van der Waals surface area contributed by atoms with Crippen LogP contribution in [0.5, 0.6) is 0 Å². The van der Waals surface area contributed by atoms with E-state index < -0.39 is 23.9 Å². The van der Waals surface area contributed by atoms with Crippen LogP contribution in [0.3, 0.4) is 0 Å². The van der Waals surface area contributed by atoms with Gasteiger partial charge in [0, 0.05) is 19.5 Å². The molecule has 1 fully saturated rings. The molecule has 2 heterocycles. The molecule has 2 amide bonds. The van der Waals surface area contributed by atoms with Crippen LogP contribution >= 0.6 is 0 Å². The second-order valence-electron chi connectivity index (χ2n) is 8.10. The quantitative estimate of drug-likeness (QED) is 0.770. The molecule has 0 N–H and O–H groups in total. The first kappa shape index (κ1) is 18.7. The Balaban J connectivity index is 1.83. The van der Waals surface area contributed by atoms with E-state index in [0.717, 1.165) is 11.1 Å². The van der Waals surface area contributed by atoms with Crippen LogP contribution in [0.2, 0.25) is 0 Å². The van der Waals surface area contributed by atoms with Crippen molar-refractivity contribution in [2.45, 2.75) is 64.4 Å². The first-order valence-corrected chi connectivity index (χ1v) is 9.24. The van der Waals surface area contributed by atoms with E-state index in [1.807, 2.05) is 45.0 Å². The van der Waals surface area contributed by atoms with Gasteiger partial charge in [0.05, 0.1) is 6.54 Å². The smallest absolute Gasteiger partial charge is 0.411 e. The highest BCUT2D eigenvalue weighted by atomic mass is 19.1. The van der Waals surface area contributed by atoms with Gasteiger partial charge in [0.2, 0.25) is 5.91 Å². The van der Waals surface area contributed by atoms with Crippen molar-refractivity contribution in [1.29, 1.82) is 0 Å². The lowest BCUT2D eigenvalue weighted by atomic mass is 9.93. The molecule has 1 aromatic carbocycles. The molecule has 1 aromatic rings. The first-order chi connectivity index (χ1) is 12.2. The summed E-state index contributed by atoms with van der Waals surface area (Å²) in [5.41, 5.74) is 1.48. The highest BCUT2D eigenvalue weighted by Crippen LogP contribution is 2.27. The molecule has 5 nitrogen and oxygen atoms in total. The van der Waals surface area contributed by atoms with Gasteiger partial charge < -0.3 is 9.64 Å². The molecule has 1 atom stereocenters. The maximum Gasteiger partial charge on any atom is 0.411 e. The summed E-state index contributed by atoms with van der Waals surface area (Å²) >= 11 is 0. The number of nitrogens with zero attached hydrogens (tertiary/aromatic N) is 2. The zero-order valence-corrected chi connectivity index (χ0v) is 15.7. The fraction of sp³-hybridized carbons (Fsp3) is 0.600. The number of amides is 2. The Kier molecular flexibility index (Phi) is 5.21. The topological polar surface area (TPSA) is 49.9 Å². The Labute approximate surface area is 154 Å². The minimum Gasteiger partial charge on any atom is -0.444 e. The maximum atomic E-state index is 13.4. The number of rotatable bonds is 1. The van der Waals surface area contributed by atoms with Crippen molar-refractivity contribution in [3.05, 3.63) is 35.4 Å². The van der Waals surface area contributed by atoms with Crippen molar-refractivity contribution in [2.24, 2.45) is 0 Å². The lowest BCUT2D eigenvalue weighted by Gasteiger charge is -2.40. The number of fused-ring (bicyclic) bond motifs is 1. The van der Waals surface area contributed by atoms with E-state index >= 15 is 0 Å². The maximum absolute atomic E-state index is 13.4. The number of benzene rings is 1. The van der Waals surface area contributed by atoms with Crippen molar-refractivity contribution < 1.29 is 18.7 Å². The molecule has 0 aliphatic carbocycles. The molecule has 0 saturated carbocycles. The summed E-state index contributed by atoms with van der Waals surface area (Å²) < 4.78 is 19.0. The average molecular weight is 362 g/mol. The summed E-state index contributed by atoms with van der Waals surface area (Å²) in [5, 5.41) is 0. The van der Waals surface area contributed by atoms with Gasteiger partial charge in [-0.3, -0.25) is 9.69 Å². The van der Waals surface area contributed by atoms with Crippen LogP contribution in [0.4, 0.5) is 9.18 Å². The van der Waals surface area contributed by atoms with Gasteiger partial charge >= 0.3 is 6.09 Å². The van der Waals surface area contributed by atoms with Gasteiger partial charge in [-0.25, -0.2) is 9.18 Å². The summed E-state index contributed by atoms with van der Waals surface area (Å²) in [6, 6.07) is 7.24. The Hall–Kier alpha value is -2.11.